The minimum atomic E-state index is -1.05. The highest BCUT2D eigenvalue weighted by Crippen LogP contribution is 2.30. The maximum atomic E-state index is 12.1. The fourth-order valence-electron chi connectivity index (χ4n) is 2.80. The molecule has 0 atom stereocenters. The number of urea groups is 1. The predicted octanol–water partition coefficient (Wildman–Crippen LogP) is 2.22. The summed E-state index contributed by atoms with van der Waals surface area (Å²) >= 11 is 0. The van der Waals surface area contributed by atoms with Crippen molar-refractivity contribution < 1.29 is 14.7 Å². The summed E-state index contributed by atoms with van der Waals surface area (Å²) in [7, 11) is 1.75. The zero-order chi connectivity index (χ0) is 13.9. The number of carbonyl (C=O) groups excluding carboxylic acids is 1. The molecule has 2 saturated carbocycles. The van der Waals surface area contributed by atoms with Gasteiger partial charge >= 0.3 is 12.0 Å². The van der Waals surface area contributed by atoms with E-state index in [1.54, 1.807) is 11.9 Å². The first-order valence-corrected chi connectivity index (χ1v) is 7.30. The van der Waals surface area contributed by atoms with Crippen molar-refractivity contribution in [2.24, 2.45) is 5.92 Å². The molecule has 0 aromatic carbocycles. The van der Waals surface area contributed by atoms with Gasteiger partial charge in [-0.1, -0.05) is 25.7 Å². The third kappa shape index (κ3) is 3.61. The fraction of sp³-hybridized carbons (Fsp3) is 0.857. The number of aliphatic carboxylic acids is 1. The van der Waals surface area contributed by atoms with Crippen LogP contribution in [0, 0.1) is 5.92 Å². The summed E-state index contributed by atoms with van der Waals surface area (Å²) in [6.07, 6.45) is 7.32. The van der Waals surface area contributed by atoms with Crippen molar-refractivity contribution in [1.82, 2.24) is 10.2 Å². The van der Waals surface area contributed by atoms with Crippen LogP contribution >= 0.6 is 0 Å². The quantitative estimate of drug-likeness (QED) is 0.768. The van der Waals surface area contributed by atoms with Crippen molar-refractivity contribution in [3.8, 4) is 0 Å². The van der Waals surface area contributed by atoms with Crippen molar-refractivity contribution in [3.63, 3.8) is 0 Å². The van der Waals surface area contributed by atoms with Gasteiger partial charge in [0.1, 0.15) is 5.54 Å². The van der Waals surface area contributed by atoms with E-state index in [0.717, 1.165) is 32.2 Å². The molecule has 0 heterocycles. The number of hydrogen-bond donors (Lipinski definition) is 2. The Hall–Kier alpha value is -1.26. The average Bonchev–Trinajstić information content (AvgIpc) is 3.16. The second-order valence-electron chi connectivity index (χ2n) is 6.06. The third-order valence-electron chi connectivity index (χ3n) is 4.29. The number of amides is 2. The van der Waals surface area contributed by atoms with Crippen molar-refractivity contribution in [1.29, 1.82) is 0 Å². The van der Waals surface area contributed by atoms with E-state index in [-0.39, 0.29) is 6.03 Å². The molecule has 2 aliphatic carbocycles. The Morgan fingerprint density at radius 2 is 1.79 bits per heavy atom. The Morgan fingerprint density at radius 1 is 1.21 bits per heavy atom. The van der Waals surface area contributed by atoms with Gasteiger partial charge in [-0.2, -0.15) is 0 Å². The van der Waals surface area contributed by atoms with E-state index in [1.165, 1.54) is 12.8 Å². The zero-order valence-electron chi connectivity index (χ0n) is 11.7. The second kappa shape index (κ2) is 5.80. The maximum Gasteiger partial charge on any atom is 0.329 e. The molecule has 2 rings (SSSR count). The van der Waals surface area contributed by atoms with Crippen LogP contribution in [0.25, 0.3) is 0 Å². The van der Waals surface area contributed by atoms with Crippen molar-refractivity contribution in [3.05, 3.63) is 0 Å². The molecule has 0 aromatic rings. The number of carboxylic acids is 1. The molecular weight excluding hydrogens is 244 g/mol. The molecule has 2 N–H and O–H groups in total. The minimum absolute atomic E-state index is 0.240. The van der Waals surface area contributed by atoms with E-state index in [4.69, 9.17) is 0 Å². The third-order valence-corrected chi connectivity index (χ3v) is 4.29. The van der Waals surface area contributed by atoms with E-state index in [1.807, 2.05) is 0 Å². The largest absolute Gasteiger partial charge is 0.480 e. The highest BCUT2D eigenvalue weighted by atomic mass is 16.4. The van der Waals surface area contributed by atoms with Crippen LogP contribution in [0.4, 0.5) is 4.79 Å². The molecule has 19 heavy (non-hydrogen) atoms. The van der Waals surface area contributed by atoms with Crippen LogP contribution < -0.4 is 5.32 Å². The van der Waals surface area contributed by atoms with Gasteiger partial charge in [0.25, 0.3) is 0 Å². The molecule has 5 nitrogen and oxygen atoms in total. The molecule has 2 amide bonds. The van der Waals surface area contributed by atoms with Crippen LogP contribution in [-0.2, 0) is 4.79 Å². The Balaban J connectivity index is 1.98. The molecule has 0 aromatic heterocycles. The van der Waals surface area contributed by atoms with Gasteiger partial charge in [-0.3, -0.25) is 0 Å². The molecule has 0 aliphatic heterocycles. The number of nitrogens with one attached hydrogen (secondary N) is 1. The van der Waals surface area contributed by atoms with E-state index in [0.29, 0.717) is 18.8 Å². The fourth-order valence-corrected chi connectivity index (χ4v) is 2.80. The molecule has 2 aliphatic rings. The van der Waals surface area contributed by atoms with E-state index in [9.17, 15) is 14.7 Å². The molecule has 108 valence electrons. The molecule has 0 spiro atoms. The first-order chi connectivity index (χ1) is 9.03. The molecular formula is C14H24N2O3. The van der Waals surface area contributed by atoms with Crippen LogP contribution in [0.3, 0.4) is 0 Å². The van der Waals surface area contributed by atoms with Crippen LogP contribution in [0.15, 0.2) is 0 Å². The number of rotatable bonds is 4. The predicted molar refractivity (Wildman–Crippen MR) is 72.0 cm³/mol. The summed E-state index contributed by atoms with van der Waals surface area (Å²) < 4.78 is 0. The first kappa shape index (κ1) is 14.2. The second-order valence-corrected chi connectivity index (χ2v) is 6.06. The minimum Gasteiger partial charge on any atom is -0.480 e. The highest BCUT2D eigenvalue weighted by Gasteiger charge is 2.41. The van der Waals surface area contributed by atoms with Crippen molar-refractivity contribution in [2.75, 3.05) is 13.6 Å². The molecule has 0 saturated heterocycles. The first-order valence-electron chi connectivity index (χ1n) is 7.30. The van der Waals surface area contributed by atoms with Gasteiger partial charge in [0, 0.05) is 13.6 Å². The number of nitrogens with zero attached hydrogens (tertiary/aromatic N) is 1. The van der Waals surface area contributed by atoms with Gasteiger partial charge in [-0.05, 0) is 31.6 Å². The summed E-state index contributed by atoms with van der Waals surface area (Å²) in [4.78, 5) is 25.4. The summed E-state index contributed by atoms with van der Waals surface area (Å²) in [5.74, 6) is -0.270. The van der Waals surface area contributed by atoms with Crippen LogP contribution in [0.5, 0.6) is 0 Å². The zero-order valence-corrected chi connectivity index (χ0v) is 11.7. The summed E-state index contributed by atoms with van der Waals surface area (Å²) in [6.45, 7) is 0.738. The monoisotopic (exact) mass is 268 g/mol. The van der Waals surface area contributed by atoms with Gasteiger partial charge in [0.15, 0.2) is 0 Å². The number of hydrogen-bond acceptors (Lipinski definition) is 2. The van der Waals surface area contributed by atoms with Crippen LogP contribution in [0.1, 0.15) is 51.4 Å². The summed E-state index contributed by atoms with van der Waals surface area (Å²) in [5.41, 5.74) is -1.05. The normalized spacial score (nSPS) is 22.4. The van der Waals surface area contributed by atoms with Gasteiger partial charge in [0.2, 0.25) is 0 Å². The Labute approximate surface area is 114 Å². The lowest BCUT2D eigenvalue weighted by Crippen LogP contribution is -2.57. The molecule has 0 unspecified atom stereocenters. The number of carboxylic acid groups (broad SMARTS) is 1. The molecule has 2 fully saturated rings. The van der Waals surface area contributed by atoms with Gasteiger partial charge in [-0.25, -0.2) is 9.59 Å². The smallest absolute Gasteiger partial charge is 0.329 e. The average molecular weight is 268 g/mol. The van der Waals surface area contributed by atoms with Gasteiger partial charge in [0.05, 0.1) is 0 Å². The summed E-state index contributed by atoms with van der Waals surface area (Å²) in [5, 5.41) is 12.3. The van der Waals surface area contributed by atoms with Gasteiger partial charge in [-0.15, -0.1) is 0 Å². The van der Waals surface area contributed by atoms with Gasteiger partial charge < -0.3 is 15.3 Å². The lowest BCUT2D eigenvalue weighted by molar-refractivity contribution is -0.145. The summed E-state index contributed by atoms with van der Waals surface area (Å²) in [6, 6.07) is -0.240. The van der Waals surface area contributed by atoms with Crippen LogP contribution in [0.2, 0.25) is 0 Å². The molecule has 0 bridgehead atoms. The molecule has 0 radical (unpaired) electrons. The lowest BCUT2D eigenvalue weighted by Gasteiger charge is -2.31. The highest BCUT2D eigenvalue weighted by molar-refractivity contribution is 5.86. The SMILES string of the molecule is CN(CC1CC1)C(=O)NC1(C(=O)O)CCCCCC1. The standard InChI is InChI=1S/C14H24N2O3/c1-16(10-11-6-7-11)13(19)15-14(12(17)18)8-4-2-3-5-9-14/h11H,2-10H2,1H3,(H,15,19)(H,17,18). The van der Waals surface area contributed by atoms with E-state index < -0.39 is 11.5 Å². The van der Waals surface area contributed by atoms with Crippen LogP contribution in [-0.4, -0.2) is 41.1 Å². The Kier molecular flexibility index (Phi) is 4.32. The number of carbonyl (C=O) groups is 2. The Morgan fingerprint density at radius 3 is 2.26 bits per heavy atom. The van der Waals surface area contributed by atoms with Crippen molar-refractivity contribution in [2.45, 2.75) is 56.9 Å². The topological polar surface area (TPSA) is 69.6 Å². The van der Waals surface area contributed by atoms with E-state index >= 15 is 0 Å². The van der Waals surface area contributed by atoms with E-state index in [2.05, 4.69) is 5.32 Å². The lowest BCUT2D eigenvalue weighted by atomic mass is 9.90. The Bertz CT molecular complexity index is 345. The molecule has 5 heteroatoms. The van der Waals surface area contributed by atoms with Crippen molar-refractivity contribution >= 4 is 12.0 Å². The maximum absolute atomic E-state index is 12.1.